The second-order valence-corrected chi connectivity index (χ2v) is 4.46. The van der Waals surface area contributed by atoms with Crippen LogP contribution in [0.5, 0.6) is 0 Å². The first-order valence-corrected chi connectivity index (χ1v) is 5.95. The molecular formula is C12H23N3. The summed E-state index contributed by atoms with van der Waals surface area (Å²) in [5.41, 5.74) is 0. The van der Waals surface area contributed by atoms with Crippen molar-refractivity contribution in [3.05, 3.63) is 18.7 Å². The van der Waals surface area contributed by atoms with E-state index in [1.165, 1.54) is 19.3 Å². The molecule has 0 saturated heterocycles. The molecule has 0 aliphatic heterocycles. The average molecular weight is 209 g/mol. The molecule has 0 aliphatic carbocycles. The molecule has 1 N–H and O–H groups in total. The van der Waals surface area contributed by atoms with Crippen LogP contribution in [0.25, 0.3) is 0 Å². The number of nitrogens with zero attached hydrogens (tertiary/aromatic N) is 2. The smallest absolute Gasteiger partial charge is 0.0945 e. The maximum atomic E-state index is 4.02. The van der Waals surface area contributed by atoms with E-state index >= 15 is 0 Å². The fraction of sp³-hybridized carbons (Fsp3) is 0.750. The highest BCUT2D eigenvalue weighted by Gasteiger charge is 1.93. The number of unbranched alkanes of at least 4 members (excludes halogenated alkanes) is 2. The zero-order valence-corrected chi connectivity index (χ0v) is 9.95. The van der Waals surface area contributed by atoms with Gasteiger partial charge in [-0.05, 0) is 31.8 Å². The van der Waals surface area contributed by atoms with Crippen LogP contribution in [0.1, 0.15) is 33.1 Å². The summed E-state index contributed by atoms with van der Waals surface area (Å²) in [7, 11) is 0. The van der Waals surface area contributed by atoms with Crippen molar-refractivity contribution in [3.8, 4) is 0 Å². The lowest BCUT2D eigenvalue weighted by molar-refractivity contribution is 0.517. The van der Waals surface area contributed by atoms with Gasteiger partial charge in [0.15, 0.2) is 0 Å². The third-order valence-corrected chi connectivity index (χ3v) is 2.38. The van der Waals surface area contributed by atoms with Crippen LogP contribution in [0.15, 0.2) is 18.7 Å². The van der Waals surface area contributed by atoms with Crippen LogP contribution in [0.4, 0.5) is 0 Å². The van der Waals surface area contributed by atoms with E-state index in [4.69, 9.17) is 0 Å². The third kappa shape index (κ3) is 6.28. The van der Waals surface area contributed by atoms with Crippen molar-refractivity contribution in [2.75, 3.05) is 13.1 Å². The first-order valence-electron chi connectivity index (χ1n) is 5.95. The van der Waals surface area contributed by atoms with Crippen molar-refractivity contribution in [1.29, 1.82) is 0 Å². The molecular weight excluding hydrogens is 186 g/mol. The van der Waals surface area contributed by atoms with Gasteiger partial charge in [0.2, 0.25) is 0 Å². The van der Waals surface area contributed by atoms with E-state index in [1.54, 1.807) is 0 Å². The maximum absolute atomic E-state index is 4.02. The molecule has 0 bridgehead atoms. The summed E-state index contributed by atoms with van der Waals surface area (Å²) in [4.78, 5) is 4.02. The van der Waals surface area contributed by atoms with E-state index in [-0.39, 0.29) is 0 Å². The van der Waals surface area contributed by atoms with Gasteiger partial charge in [0, 0.05) is 18.9 Å². The first kappa shape index (κ1) is 12.2. The Morgan fingerprint density at radius 2 is 2.13 bits per heavy atom. The van der Waals surface area contributed by atoms with Crippen LogP contribution in [-0.2, 0) is 6.54 Å². The number of rotatable bonds is 8. The van der Waals surface area contributed by atoms with Gasteiger partial charge >= 0.3 is 0 Å². The molecule has 1 rings (SSSR count). The molecule has 15 heavy (non-hydrogen) atoms. The number of hydrogen-bond acceptors (Lipinski definition) is 2. The molecule has 0 saturated carbocycles. The fourth-order valence-corrected chi connectivity index (χ4v) is 1.53. The van der Waals surface area contributed by atoms with E-state index in [2.05, 4.69) is 28.7 Å². The molecule has 1 aromatic heterocycles. The standard InChI is InChI=1S/C12H23N3/c1-12(2)10-13-6-4-3-5-8-15-9-7-14-11-15/h7,9,11-13H,3-6,8,10H2,1-2H3. The van der Waals surface area contributed by atoms with Gasteiger partial charge in [0.1, 0.15) is 0 Å². The quantitative estimate of drug-likeness (QED) is 0.666. The lowest BCUT2D eigenvalue weighted by Gasteiger charge is -2.07. The summed E-state index contributed by atoms with van der Waals surface area (Å²) < 4.78 is 2.14. The number of imidazole rings is 1. The van der Waals surface area contributed by atoms with Crippen molar-refractivity contribution in [2.45, 2.75) is 39.7 Å². The van der Waals surface area contributed by atoms with Crippen LogP contribution >= 0.6 is 0 Å². The van der Waals surface area contributed by atoms with Gasteiger partial charge in [-0.15, -0.1) is 0 Å². The Hall–Kier alpha value is -0.830. The monoisotopic (exact) mass is 209 g/mol. The van der Waals surface area contributed by atoms with Crippen molar-refractivity contribution >= 4 is 0 Å². The lowest BCUT2D eigenvalue weighted by atomic mass is 10.2. The molecule has 1 heterocycles. The van der Waals surface area contributed by atoms with Gasteiger partial charge < -0.3 is 9.88 Å². The molecule has 3 nitrogen and oxygen atoms in total. The Balaban J connectivity index is 1.85. The second kappa shape index (κ2) is 7.46. The van der Waals surface area contributed by atoms with Crippen LogP contribution in [0.2, 0.25) is 0 Å². The normalized spacial score (nSPS) is 11.1. The number of aryl methyl sites for hydroxylation is 1. The molecule has 1 aromatic rings. The largest absolute Gasteiger partial charge is 0.337 e. The average Bonchev–Trinajstić information content (AvgIpc) is 2.68. The predicted molar refractivity (Wildman–Crippen MR) is 63.8 cm³/mol. The Morgan fingerprint density at radius 3 is 2.80 bits per heavy atom. The van der Waals surface area contributed by atoms with E-state index in [9.17, 15) is 0 Å². The van der Waals surface area contributed by atoms with E-state index in [1.807, 2.05) is 18.7 Å². The summed E-state index contributed by atoms with van der Waals surface area (Å²) >= 11 is 0. The minimum atomic E-state index is 0.760. The Morgan fingerprint density at radius 1 is 1.27 bits per heavy atom. The molecule has 3 heteroatoms. The Kier molecular flexibility index (Phi) is 6.09. The summed E-state index contributed by atoms with van der Waals surface area (Å²) in [6, 6.07) is 0. The minimum absolute atomic E-state index is 0.760. The highest BCUT2D eigenvalue weighted by Crippen LogP contribution is 1.98. The summed E-state index contributed by atoms with van der Waals surface area (Å²) in [6.07, 6.45) is 9.57. The molecule has 0 aromatic carbocycles. The molecule has 0 fully saturated rings. The Labute approximate surface area is 92.9 Å². The lowest BCUT2D eigenvalue weighted by Crippen LogP contribution is -2.20. The molecule has 0 aliphatic rings. The SMILES string of the molecule is CC(C)CNCCCCCn1ccnc1. The van der Waals surface area contributed by atoms with Gasteiger partial charge in [-0.3, -0.25) is 0 Å². The van der Waals surface area contributed by atoms with Gasteiger partial charge in [0.25, 0.3) is 0 Å². The van der Waals surface area contributed by atoms with Crippen LogP contribution < -0.4 is 5.32 Å². The second-order valence-electron chi connectivity index (χ2n) is 4.46. The van der Waals surface area contributed by atoms with Gasteiger partial charge in [0.05, 0.1) is 6.33 Å². The maximum Gasteiger partial charge on any atom is 0.0945 e. The molecule has 0 radical (unpaired) electrons. The zero-order chi connectivity index (χ0) is 10.9. The van der Waals surface area contributed by atoms with Crippen LogP contribution in [0, 0.1) is 5.92 Å². The number of hydrogen-bond donors (Lipinski definition) is 1. The molecule has 0 unspecified atom stereocenters. The topological polar surface area (TPSA) is 29.9 Å². The summed E-state index contributed by atoms with van der Waals surface area (Å²) in [5, 5.41) is 3.46. The van der Waals surface area contributed by atoms with Gasteiger partial charge in [-0.1, -0.05) is 20.3 Å². The molecule has 86 valence electrons. The van der Waals surface area contributed by atoms with Gasteiger partial charge in [-0.2, -0.15) is 0 Å². The molecule has 0 spiro atoms. The van der Waals surface area contributed by atoms with Crippen molar-refractivity contribution in [2.24, 2.45) is 5.92 Å². The van der Waals surface area contributed by atoms with Crippen molar-refractivity contribution in [1.82, 2.24) is 14.9 Å². The van der Waals surface area contributed by atoms with E-state index in [0.29, 0.717) is 0 Å². The highest BCUT2D eigenvalue weighted by molar-refractivity contribution is 4.73. The van der Waals surface area contributed by atoms with Gasteiger partial charge in [-0.25, -0.2) is 4.98 Å². The number of aromatic nitrogens is 2. The minimum Gasteiger partial charge on any atom is -0.337 e. The summed E-state index contributed by atoms with van der Waals surface area (Å²) in [5.74, 6) is 0.760. The van der Waals surface area contributed by atoms with Crippen LogP contribution in [0.3, 0.4) is 0 Å². The van der Waals surface area contributed by atoms with Crippen LogP contribution in [-0.4, -0.2) is 22.6 Å². The first-order chi connectivity index (χ1) is 7.29. The third-order valence-electron chi connectivity index (χ3n) is 2.38. The van der Waals surface area contributed by atoms with Crippen molar-refractivity contribution in [3.63, 3.8) is 0 Å². The Bertz CT molecular complexity index is 229. The summed E-state index contributed by atoms with van der Waals surface area (Å²) in [6.45, 7) is 7.88. The van der Waals surface area contributed by atoms with E-state index < -0.39 is 0 Å². The molecule has 0 amide bonds. The van der Waals surface area contributed by atoms with E-state index in [0.717, 1.165) is 25.6 Å². The highest BCUT2D eigenvalue weighted by atomic mass is 15.0. The zero-order valence-electron chi connectivity index (χ0n) is 9.95. The fourth-order valence-electron chi connectivity index (χ4n) is 1.53. The number of nitrogens with one attached hydrogen (secondary N) is 1. The molecule has 0 atom stereocenters. The predicted octanol–water partition coefficient (Wildman–Crippen LogP) is 2.30. The van der Waals surface area contributed by atoms with Crippen molar-refractivity contribution < 1.29 is 0 Å².